The van der Waals surface area contributed by atoms with Crippen molar-refractivity contribution in [2.24, 2.45) is 0 Å². The van der Waals surface area contributed by atoms with Gasteiger partial charge in [0.15, 0.2) is 0 Å². The fourth-order valence-corrected chi connectivity index (χ4v) is 5.32. The Labute approximate surface area is 198 Å². The van der Waals surface area contributed by atoms with Crippen molar-refractivity contribution in [2.45, 2.75) is 49.1 Å². The van der Waals surface area contributed by atoms with Gasteiger partial charge >= 0.3 is 18.4 Å². The van der Waals surface area contributed by atoms with Crippen molar-refractivity contribution in [1.82, 2.24) is 19.8 Å². The second-order valence-electron chi connectivity index (χ2n) is 9.35. The molecule has 1 spiro atoms. The van der Waals surface area contributed by atoms with Gasteiger partial charge in [-0.2, -0.15) is 26.3 Å². The predicted molar refractivity (Wildman–Crippen MR) is 116 cm³/mol. The van der Waals surface area contributed by atoms with Crippen molar-refractivity contribution < 1.29 is 31.1 Å². The molecule has 1 aliphatic heterocycles. The number of hydrogen-bond acceptors (Lipinski definition) is 4. The van der Waals surface area contributed by atoms with E-state index >= 15 is 0 Å². The van der Waals surface area contributed by atoms with Crippen LogP contribution in [-0.4, -0.2) is 64.7 Å². The standard InChI is InChI=1S/C23H25F6N5O/c1-32(2)21(16-6-4-3-5-7-16)10-8-20(9-11-21)14-33(19(35)34(20)15-22(24,25)26)17-12-30-18(31-13-17)23(27,28)29/h3-7,12-13H,8-11,14-15H2,1-2H3/t20-,21-. The Hall–Kier alpha value is -2.89. The molecule has 0 unspecified atom stereocenters. The first-order valence-electron chi connectivity index (χ1n) is 11.1. The fourth-order valence-electron chi connectivity index (χ4n) is 5.32. The highest BCUT2D eigenvalue weighted by Crippen LogP contribution is 2.50. The Morgan fingerprint density at radius 3 is 2.00 bits per heavy atom. The van der Waals surface area contributed by atoms with Gasteiger partial charge in [0.2, 0.25) is 5.82 Å². The minimum Gasteiger partial charge on any atom is -0.308 e. The van der Waals surface area contributed by atoms with Gasteiger partial charge in [-0.15, -0.1) is 0 Å². The van der Waals surface area contributed by atoms with Crippen molar-refractivity contribution in [3.05, 3.63) is 54.1 Å². The SMILES string of the molecule is CN(C)[C@]1(c2ccccc2)CC[C@@]2(CC1)CN(c1cnc(C(F)(F)F)nc1)C(=O)N2CC(F)(F)F. The summed E-state index contributed by atoms with van der Waals surface area (Å²) in [5, 5.41) is 0. The molecule has 2 amide bonds. The predicted octanol–water partition coefficient (Wildman–Crippen LogP) is 5.07. The minimum atomic E-state index is -4.77. The number of rotatable bonds is 4. The molecule has 1 aromatic heterocycles. The van der Waals surface area contributed by atoms with Gasteiger partial charge in [-0.3, -0.25) is 9.80 Å². The highest BCUT2D eigenvalue weighted by molar-refractivity contribution is 5.95. The molecule has 0 atom stereocenters. The first kappa shape index (κ1) is 25.2. The maximum Gasteiger partial charge on any atom is 0.451 e. The normalized spacial score (nSPS) is 25.7. The smallest absolute Gasteiger partial charge is 0.308 e. The van der Waals surface area contributed by atoms with Gasteiger partial charge in [0, 0.05) is 5.54 Å². The van der Waals surface area contributed by atoms with Crippen LogP contribution in [0.1, 0.15) is 37.1 Å². The number of nitrogens with zero attached hydrogens (tertiary/aromatic N) is 5. The number of aromatic nitrogens is 2. The number of carbonyl (C=O) groups is 1. The maximum atomic E-state index is 13.5. The Bertz CT molecular complexity index is 1050. The van der Waals surface area contributed by atoms with Crippen LogP contribution >= 0.6 is 0 Å². The van der Waals surface area contributed by atoms with Gasteiger partial charge in [-0.05, 0) is 45.3 Å². The van der Waals surface area contributed by atoms with E-state index in [-0.39, 0.29) is 12.2 Å². The van der Waals surface area contributed by atoms with E-state index in [0.29, 0.717) is 25.7 Å². The summed E-state index contributed by atoms with van der Waals surface area (Å²) in [6.45, 7) is -1.53. The molecule has 2 fully saturated rings. The largest absolute Gasteiger partial charge is 0.451 e. The zero-order valence-electron chi connectivity index (χ0n) is 19.2. The summed E-state index contributed by atoms with van der Waals surface area (Å²) in [5.41, 5.74) is -0.562. The number of alkyl halides is 6. The topological polar surface area (TPSA) is 52.6 Å². The van der Waals surface area contributed by atoms with Crippen molar-refractivity contribution in [1.29, 1.82) is 0 Å². The molecule has 2 aliphatic rings. The number of halogens is 6. The van der Waals surface area contributed by atoms with Crippen LogP contribution in [0.2, 0.25) is 0 Å². The third kappa shape index (κ3) is 4.67. The lowest BCUT2D eigenvalue weighted by atomic mass is 9.68. The molecular weight excluding hydrogens is 476 g/mol. The summed E-state index contributed by atoms with van der Waals surface area (Å²) >= 11 is 0. The molecule has 1 saturated carbocycles. The Morgan fingerprint density at radius 1 is 0.943 bits per heavy atom. The van der Waals surface area contributed by atoms with Crippen molar-refractivity contribution >= 4 is 11.7 Å². The zero-order chi connectivity index (χ0) is 25.6. The van der Waals surface area contributed by atoms with Gasteiger partial charge in [-0.25, -0.2) is 14.8 Å². The summed E-state index contributed by atoms with van der Waals surface area (Å²) in [4.78, 5) is 23.6. The molecule has 4 rings (SSSR count). The molecule has 0 radical (unpaired) electrons. The van der Waals surface area contributed by atoms with Crippen LogP contribution < -0.4 is 4.90 Å². The number of anilines is 1. The maximum absolute atomic E-state index is 13.5. The molecule has 12 heteroatoms. The zero-order valence-corrected chi connectivity index (χ0v) is 19.2. The van der Waals surface area contributed by atoms with Crippen LogP contribution in [0.15, 0.2) is 42.7 Å². The summed E-state index contributed by atoms with van der Waals surface area (Å²) in [6.07, 6.45) is -6.16. The molecule has 0 N–H and O–H groups in total. The Morgan fingerprint density at radius 2 is 1.51 bits per heavy atom. The molecule has 1 saturated heterocycles. The molecule has 190 valence electrons. The number of hydrogen-bond donors (Lipinski definition) is 0. The van der Waals surface area contributed by atoms with Crippen molar-refractivity contribution in [3.63, 3.8) is 0 Å². The summed E-state index contributed by atoms with van der Waals surface area (Å²) in [7, 11) is 3.84. The molecule has 35 heavy (non-hydrogen) atoms. The quantitative estimate of drug-likeness (QED) is 0.549. The Balaban J connectivity index is 1.66. The third-order valence-corrected chi connectivity index (χ3v) is 7.20. The second-order valence-corrected chi connectivity index (χ2v) is 9.35. The van der Waals surface area contributed by atoms with Crippen LogP contribution in [0.4, 0.5) is 36.8 Å². The molecule has 2 heterocycles. The molecule has 2 aromatic rings. The highest BCUT2D eigenvalue weighted by Gasteiger charge is 2.57. The molecular formula is C23H25F6N5O. The highest BCUT2D eigenvalue weighted by atomic mass is 19.4. The molecule has 0 bridgehead atoms. The lowest BCUT2D eigenvalue weighted by Gasteiger charge is -2.51. The Kier molecular flexibility index (Phi) is 6.23. The molecule has 1 aliphatic carbocycles. The van der Waals surface area contributed by atoms with E-state index in [2.05, 4.69) is 14.9 Å². The lowest BCUT2D eigenvalue weighted by Crippen LogP contribution is -2.57. The van der Waals surface area contributed by atoms with E-state index in [9.17, 15) is 31.1 Å². The van der Waals surface area contributed by atoms with Gasteiger partial charge in [0.05, 0.1) is 30.2 Å². The van der Waals surface area contributed by atoms with Gasteiger partial charge in [0.25, 0.3) is 0 Å². The number of benzene rings is 1. The van der Waals surface area contributed by atoms with Crippen LogP contribution in [0.3, 0.4) is 0 Å². The van der Waals surface area contributed by atoms with E-state index in [4.69, 9.17) is 0 Å². The van der Waals surface area contributed by atoms with Crippen molar-refractivity contribution in [2.75, 3.05) is 32.1 Å². The van der Waals surface area contributed by atoms with E-state index in [0.717, 1.165) is 27.8 Å². The lowest BCUT2D eigenvalue weighted by molar-refractivity contribution is -0.150. The van der Waals surface area contributed by atoms with Gasteiger partial charge < -0.3 is 4.90 Å². The first-order valence-corrected chi connectivity index (χ1v) is 11.1. The van der Waals surface area contributed by atoms with E-state index in [1.54, 1.807) is 0 Å². The van der Waals surface area contributed by atoms with Crippen LogP contribution in [0.5, 0.6) is 0 Å². The van der Waals surface area contributed by atoms with Crippen LogP contribution in [-0.2, 0) is 11.7 Å². The summed E-state index contributed by atoms with van der Waals surface area (Å²) < 4.78 is 79.0. The summed E-state index contributed by atoms with van der Waals surface area (Å²) in [5.74, 6) is -1.38. The number of urea groups is 1. The first-order chi connectivity index (χ1) is 16.3. The molecule has 6 nitrogen and oxygen atoms in total. The monoisotopic (exact) mass is 501 g/mol. The van der Waals surface area contributed by atoms with E-state index in [1.807, 2.05) is 44.4 Å². The van der Waals surface area contributed by atoms with E-state index in [1.165, 1.54) is 0 Å². The fraction of sp³-hybridized carbons (Fsp3) is 0.522. The average Bonchev–Trinajstić information content (AvgIpc) is 3.05. The van der Waals surface area contributed by atoms with Crippen LogP contribution in [0, 0.1) is 0 Å². The number of carbonyl (C=O) groups excluding carboxylic acids is 1. The summed E-state index contributed by atoms with van der Waals surface area (Å²) in [6, 6.07) is 8.76. The average molecular weight is 501 g/mol. The third-order valence-electron chi connectivity index (χ3n) is 7.20. The van der Waals surface area contributed by atoms with Gasteiger partial charge in [-0.1, -0.05) is 30.3 Å². The second kappa shape index (κ2) is 8.65. The minimum absolute atomic E-state index is 0.0699. The molecule has 1 aromatic carbocycles. The van der Waals surface area contributed by atoms with Crippen molar-refractivity contribution in [3.8, 4) is 0 Å². The number of amides is 2. The van der Waals surface area contributed by atoms with E-state index < -0.39 is 41.8 Å². The van der Waals surface area contributed by atoms with Gasteiger partial charge in [0.1, 0.15) is 6.54 Å². The van der Waals surface area contributed by atoms with Crippen LogP contribution in [0.25, 0.3) is 0 Å².